The van der Waals surface area contributed by atoms with Crippen LogP contribution >= 0.6 is 11.6 Å². The molecule has 0 amide bonds. The lowest BCUT2D eigenvalue weighted by Crippen LogP contribution is -2.16. The summed E-state index contributed by atoms with van der Waals surface area (Å²) in [6.45, 7) is 3.83. The second kappa shape index (κ2) is 8.70. The van der Waals surface area contributed by atoms with Crippen molar-refractivity contribution in [3.05, 3.63) is 64.3 Å². The number of aliphatic carboxylic acids is 1. The molecule has 0 radical (unpaired) electrons. The number of fused-ring (bicyclic) bond motifs is 1. The second-order valence-corrected chi connectivity index (χ2v) is 7.67. The quantitative estimate of drug-likeness (QED) is 0.483. The van der Waals surface area contributed by atoms with Crippen molar-refractivity contribution in [2.75, 3.05) is 0 Å². The normalized spacial score (nSPS) is 12.2. The molecule has 2 aromatic carbocycles. The molecule has 5 nitrogen and oxygen atoms in total. The van der Waals surface area contributed by atoms with Gasteiger partial charge in [-0.05, 0) is 61.4 Å². The van der Waals surface area contributed by atoms with Crippen molar-refractivity contribution in [2.24, 2.45) is 0 Å². The highest BCUT2D eigenvalue weighted by Crippen LogP contribution is 2.37. The van der Waals surface area contributed by atoms with E-state index in [-0.39, 0.29) is 11.7 Å². The van der Waals surface area contributed by atoms with Crippen molar-refractivity contribution >= 4 is 34.4 Å². The first-order chi connectivity index (χ1) is 13.8. The molecule has 0 aliphatic heterocycles. The molecule has 1 aromatic heterocycles. The standard InChI is InChI=1S/C23H24ClNO4/c1-3-4-5-6-18(23(28)29)21-14(2)25(20-12-11-17(26)13-19(20)21)22(27)15-7-9-16(24)10-8-15/h7-13,18,26H,3-6H2,1-2H3,(H,28,29)/t18-/m0/s1. The lowest BCUT2D eigenvalue weighted by atomic mass is 9.91. The first-order valence-corrected chi connectivity index (χ1v) is 10.1. The fourth-order valence-corrected chi connectivity index (χ4v) is 3.97. The van der Waals surface area contributed by atoms with Gasteiger partial charge >= 0.3 is 5.97 Å². The first-order valence-electron chi connectivity index (χ1n) is 9.72. The van der Waals surface area contributed by atoms with Crippen LogP contribution in [0.2, 0.25) is 5.02 Å². The van der Waals surface area contributed by atoms with Gasteiger partial charge in [-0.2, -0.15) is 0 Å². The van der Waals surface area contributed by atoms with Crippen LogP contribution in [-0.4, -0.2) is 26.7 Å². The van der Waals surface area contributed by atoms with E-state index in [1.165, 1.54) is 10.6 Å². The Morgan fingerprint density at radius 3 is 2.41 bits per heavy atom. The van der Waals surface area contributed by atoms with Crippen LogP contribution in [0, 0.1) is 6.92 Å². The molecule has 0 unspecified atom stereocenters. The van der Waals surface area contributed by atoms with Crippen LogP contribution in [0.5, 0.6) is 5.75 Å². The third kappa shape index (κ3) is 4.15. The maximum absolute atomic E-state index is 13.3. The summed E-state index contributed by atoms with van der Waals surface area (Å²) in [6, 6.07) is 11.3. The van der Waals surface area contributed by atoms with E-state index in [1.807, 2.05) is 0 Å². The second-order valence-electron chi connectivity index (χ2n) is 7.23. The molecule has 152 valence electrons. The number of carboxylic acid groups (broad SMARTS) is 1. The zero-order chi connectivity index (χ0) is 21.1. The highest BCUT2D eigenvalue weighted by atomic mass is 35.5. The van der Waals surface area contributed by atoms with Crippen LogP contribution in [0.25, 0.3) is 10.9 Å². The lowest BCUT2D eigenvalue weighted by molar-refractivity contribution is -0.139. The van der Waals surface area contributed by atoms with Crippen molar-refractivity contribution in [3.63, 3.8) is 0 Å². The molecule has 3 rings (SSSR count). The van der Waals surface area contributed by atoms with Gasteiger partial charge in [0.2, 0.25) is 0 Å². The summed E-state index contributed by atoms with van der Waals surface area (Å²) >= 11 is 5.94. The van der Waals surface area contributed by atoms with Crippen LogP contribution in [0.1, 0.15) is 60.1 Å². The molecule has 2 N–H and O–H groups in total. The van der Waals surface area contributed by atoms with E-state index in [0.29, 0.717) is 39.2 Å². The minimum atomic E-state index is -0.925. The van der Waals surface area contributed by atoms with Crippen molar-refractivity contribution in [1.82, 2.24) is 4.57 Å². The predicted molar refractivity (Wildman–Crippen MR) is 114 cm³/mol. The number of carboxylic acids is 1. The van der Waals surface area contributed by atoms with Gasteiger partial charge < -0.3 is 10.2 Å². The fourth-order valence-electron chi connectivity index (χ4n) is 3.84. The number of aromatic hydroxyl groups is 1. The maximum atomic E-state index is 13.3. The maximum Gasteiger partial charge on any atom is 0.311 e. The summed E-state index contributed by atoms with van der Waals surface area (Å²) in [4.78, 5) is 25.3. The van der Waals surface area contributed by atoms with Crippen LogP contribution in [0.3, 0.4) is 0 Å². The molecule has 0 aliphatic carbocycles. The number of aromatic nitrogens is 1. The third-order valence-corrected chi connectivity index (χ3v) is 5.53. The molecule has 3 aromatic rings. The summed E-state index contributed by atoms with van der Waals surface area (Å²) in [7, 11) is 0. The highest BCUT2D eigenvalue weighted by molar-refractivity contribution is 6.30. The molecule has 1 heterocycles. The van der Waals surface area contributed by atoms with Crippen molar-refractivity contribution < 1.29 is 19.8 Å². The van der Waals surface area contributed by atoms with E-state index in [9.17, 15) is 19.8 Å². The third-order valence-electron chi connectivity index (χ3n) is 5.27. The van der Waals surface area contributed by atoms with Crippen LogP contribution < -0.4 is 0 Å². The van der Waals surface area contributed by atoms with Gasteiger partial charge in [0.15, 0.2) is 0 Å². The summed E-state index contributed by atoms with van der Waals surface area (Å²) in [5, 5.41) is 21.0. The van der Waals surface area contributed by atoms with E-state index in [2.05, 4.69) is 6.92 Å². The van der Waals surface area contributed by atoms with E-state index in [0.717, 1.165) is 19.3 Å². The van der Waals surface area contributed by atoms with Gasteiger partial charge in [0, 0.05) is 21.7 Å². The smallest absolute Gasteiger partial charge is 0.311 e. The van der Waals surface area contributed by atoms with E-state index in [4.69, 9.17) is 11.6 Å². The number of hydrogen-bond donors (Lipinski definition) is 2. The Hall–Kier alpha value is -2.79. The Morgan fingerprint density at radius 2 is 1.79 bits per heavy atom. The van der Waals surface area contributed by atoms with E-state index >= 15 is 0 Å². The van der Waals surface area contributed by atoms with Crippen LogP contribution in [0.15, 0.2) is 42.5 Å². The molecule has 0 aliphatic rings. The number of benzene rings is 2. The largest absolute Gasteiger partial charge is 0.508 e. The number of carbonyl (C=O) groups excluding carboxylic acids is 1. The molecule has 0 fully saturated rings. The number of rotatable bonds is 7. The Kier molecular flexibility index (Phi) is 6.28. The number of nitrogens with zero attached hydrogens (tertiary/aromatic N) is 1. The number of phenolic OH excluding ortho intramolecular Hbond substituents is 1. The SMILES string of the molecule is CCCCC[C@H](C(=O)O)c1c(C)n(C(=O)c2ccc(Cl)cc2)c2ccc(O)cc12. The summed E-state index contributed by atoms with van der Waals surface area (Å²) < 4.78 is 1.53. The molecule has 1 atom stereocenters. The minimum absolute atomic E-state index is 0.0348. The summed E-state index contributed by atoms with van der Waals surface area (Å²) in [5.41, 5.74) is 2.19. The Morgan fingerprint density at radius 1 is 1.10 bits per heavy atom. The average molecular weight is 414 g/mol. The Balaban J connectivity index is 2.19. The van der Waals surface area contributed by atoms with Gasteiger partial charge in [-0.3, -0.25) is 14.2 Å². The number of phenols is 1. The van der Waals surface area contributed by atoms with E-state index < -0.39 is 11.9 Å². The minimum Gasteiger partial charge on any atom is -0.508 e. The Bertz CT molecular complexity index is 1050. The summed E-state index contributed by atoms with van der Waals surface area (Å²) in [6.07, 6.45) is 3.19. The molecule has 6 heteroatoms. The zero-order valence-electron chi connectivity index (χ0n) is 16.5. The van der Waals surface area contributed by atoms with Gasteiger partial charge in [-0.15, -0.1) is 0 Å². The van der Waals surface area contributed by atoms with Crippen molar-refractivity contribution in [3.8, 4) is 5.75 Å². The van der Waals surface area contributed by atoms with Crippen LogP contribution in [-0.2, 0) is 4.79 Å². The van der Waals surface area contributed by atoms with Crippen LogP contribution in [0.4, 0.5) is 0 Å². The molecule has 0 spiro atoms. The molecular formula is C23H24ClNO4. The predicted octanol–water partition coefficient (Wildman–Crippen LogP) is 5.75. The Labute approximate surface area is 174 Å². The lowest BCUT2D eigenvalue weighted by Gasteiger charge is -2.14. The number of unbranched alkanes of at least 4 members (excludes halogenated alkanes) is 2. The molecule has 0 saturated carbocycles. The topological polar surface area (TPSA) is 79.5 Å². The van der Waals surface area contributed by atoms with E-state index in [1.54, 1.807) is 43.3 Å². The van der Waals surface area contributed by atoms with Gasteiger partial charge in [0.1, 0.15) is 5.75 Å². The number of hydrogen-bond acceptors (Lipinski definition) is 3. The average Bonchev–Trinajstić information content (AvgIpc) is 2.96. The molecule has 0 saturated heterocycles. The number of carbonyl (C=O) groups is 2. The number of halogens is 1. The first kappa shape index (κ1) is 20.9. The molecule has 0 bridgehead atoms. The summed E-state index contributed by atoms with van der Waals surface area (Å²) in [5.74, 6) is -1.90. The van der Waals surface area contributed by atoms with Gasteiger partial charge in [-0.25, -0.2) is 0 Å². The highest BCUT2D eigenvalue weighted by Gasteiger charge is 2.29. The van der Waals surface area contributed by atoms with Gasteiger partial charge in [-0.1, -0.05) is 37.8 Å². The van der Waals surface area contributed by atoms with Gasteiger partial charge in [0.05, 0.1) is 11.4 Å². The monoisotopic (exact) mass is 413 g/mol. The molecule has 29 heavy (non-hydrogen) atoms. The fraction of sp³-hybridized carbons (Fsp3) is 0.304. The van der Waals surface area contributed by atoms with Gasteiger partial charge in [0.25, 0.3) is 5.91 Å². The molecular weight excluding hydrogens is 390 g/mol. The van der Waals surface area contributed by atoms with Crippen molar-refractivity contribution in [1.29, 1.82) is 0 Å². The zero-order valence-corrected chi connectivity index (χ0v) is 17.2. The van der Waals surface area contributed by atoms with Crippen molar-refractivity contribution in [2.45, 2.75) is 45.4 Å².